The van der Waals surface area contributed by atoms with Gasteiger partial charge < -0.3 is 217 Å². The number of hydrogen-bond acceptors (Lipinski definition) is 45. The highest BCUT2D eigenvalue weighted by Crippen LogP contribution is 2.32. The maximum Gasteiger partial charge on any atom is 0.241 e. The van der Waals surface area contributed by atoms with Crippen LogP contribution in [0.4, 0.5) is 5.69 Å². The minimum atomic E-state index is -4.65. The molecule has 0 aromatic heterocycles. The van der Waals surface area contributed by atoms with Crippen molar-refractivity contribution in [2.45, 2.75) is 203 Å². The number of hydrogen-bond donors (Lipinski definition) is 29. The molecule has 12 amide bonds. The number of ether oxygens (including phenoxy) is 10. The monoisotopic (exact) mass is 2060 g/mol. The third-order valence-electron chi connectivity index (χ3n) is 23.0. The molecular weight excluding hydrogens is 1930 g/mol. The number of rotatable bonds is 59. The van der Waals surface area contributed by atoms with Gasteiger partial charge in [-0.15, -0.1) is 0 Å². The molecule has 5 aliphatic heterocycles. The number of amides is 12. The fraction of sp³-hybridized carbons (Fsp3) is 0.735. The molecule has 5 aliphatic rings. The standard InChI is InChI=1S/C83H134N14O44S/c1-93(2)45-8-3-7-44-43(45)6-4-9-51(44)142(130,131)92-33-63(114)97(36-58(109)90-22-31-136-83-78(129)73(124)68(119)50(42-102)141-83)26-15-62(113)96(37-59(110)91-32-55(106)89-21-30-135-82-77(128)72(123)67(118)49(41-101)140-82)25-14-61(112)95(35-57(108)85-17-11-53(104)87-19-28-133-80-75(126)70(121)65(116)47(39-99)138-80)24-13-60(111)94(23-12-54(105)88-20-29-134-81-76(127)71(122)66(117)48(40-100)139-81)34-56(107)84-16-5-10-52(103)86-18-27-132-79-74(125)69(120)64(115)46(38-98)137-79/h3-4,6-9,46-50,64-83,92,98-102,115-129H,5,10-42H2,1-2H3,(H,84,107)(H,85,108)(H,86,103)(H,87,104)(H,88,105)(H,89,106)(H,90,109)(H,91,110)/t46-,47-,48-,49-,50-,64+,65+,66+,67+,68+,69+,70+,71+,72+,73+,74-,75-,76-,77-,78-,79-,80-,81-,82-,83-/m1/s1. The molecule has 0 radical (unpaired) electrons. The second-order valence-electron chi connectivity index (χ2n) is 33.5. The molecule has 25 atom stereocenters. The fourth-order valence-corrected chi connectivity index (χ4v) is 16.1. The summed E-state index contributed by atoms with van der Waals surface area (Å²) < 4.78 is 84.4. The lowest BCUT2D eigenvalue weighted by molar-refractivity contribution is -0.300. The van der Waals surface area contributed by atoms with Gasteiger partial charge in [-0.25, -0.2) is 13.1 Å². The van der Waals surface area contributed by atoms with Crippen LogP contribution in [0, 0.1) is 0 Å². The van der Waals surface area contributed by atoms with Crippen LogP contribution in [0.2, 0.25) is 0 Å². The molecule has 0 aliphatic carbocycles. The Balaban J connectivity index is 1.12. The average molecular weight is 2060 g/mol. The van der Waals surface area contributed by atoms with Gasteiger partial charge in [0.1, 0.15) is 122 Å². The predicted molar refractivity (Wildman–Crippen MR) is 475 cm³/mol. The first-order valence-electron chi connectivity index (χ1n) is 45.5. The summed E-state index contributed by atoms with van der Waals surface area (Å²) in [6.45, 7) is -17.2. The molecule has 142 heavy (non-hydrogen) atoms. The number of carbonyl (C=O) groups is 12. The molecule has 29 N–H and O–H groups in total. The maximum absolute atomic E-state index is 15.0. The van der Waals surface area contributed by atoms with E-state index in [9.17, 15) is 168 Å². The van der Waals surface area contributed by atoms with E-state index in [1.807, 2.05) is 0 Å². The van der Waals surface area contributed by atoms with E-state index in [0.29, 0.717) is 16.0 Å². The number of nitrogens with one attached hydrogen (secondary N) is 9. The topological polar surface area (TPSA) is 860 Å². The van der Waals surface area contributed by atoms with E-state index >= 15 is 0 Å². The van der Waals surface area contributed by atoms with Crippen molar-refractivity contribution in [2.75, 3.05) is 196 Å². The van der Waals surface area contributed by atoms with Crippen LogP contribution in [0.1, 0.15) is 44.9 Å². The van der Waals surface area contributed by atoms with Gasteiger partial charge in [-0.05, 0) is 18.6 Å². The van der Waals surface area contributed by atoms with Crippen molar-refractivity contribution < 1.29 is 215 Å². The first-order chi connectivity index (χ1) is 67.5. The van der Waals surface area contributed by atoms with Crippen molar-refractivity contribution >= 4 is 97.4 Å². The molecule has 59 heteroatoms. The molecule has 0 unspecified atom stereocenters. The second kappa shape index (κ2) is 60.1. The number of aliphatic hydroxyl groups excluding tert-OH is 20. The maximum atomic E-state index is 15.0. The van der Waals surface area contributed by atoms with Crippen molar-refractivity contribution in [3.8, 4) is 0 Å². The molecule has 5 saturated heterocycles. The minimum absolute atomic E-state index is 0.0441. The van der Waals surface area contributed by atoms with Crippen LogP contribution < -0.4 is 52.2 Å². The Morgan fingerprint density at radius 2 is 0.585 bits per heavy atom. The van der Waals surface area contributed by atoms with E-state index in [1.54, 1.807) is 37.2 Å². The Hall–Kier alpha value is -9.15. The fourth-order valence-electron chi connectivity index (χ4n) is 14.9. The van der Waals surface area contributed by atoms with Crippen molar-refractivity contribution in [2.24, 2.45) is 0 Å². The van der Waals surface area contributed by atoms with Crippen LogP contribution >= 0.6 is 0 Å². The van der Waals surface area contributed by atoms with Gasteiger partial charge in [-0.1, -0.05) is 24.3 Å². The number of nitrogens with zero attached hydrogens (tertiary/aromatic N) is 5. The summed E-state index contributed by atoms with van der Waals surface area (Å²) in [7, 11) is -1.21. The third kappa shape index (κ3) is 36.5. The first kappa shape index (κ1) is 120. The van der Waals surface area contributed by atoms with Crippen LogP contribution in [-0.2, 0) is 115 Å². The summed E-state index contributed by atoms with van der Waals surface area (Å²) in [5, 5.41) is 222. The van der Waals surface area contributed by atoms with Gasteiger partial charge in [0.25, 0.3) is 0 Å². The molecular formula is C83H134N14O44S. The second-order valence-corrected chi connectivity index (χ2v) is 35.3. The smallest absolute Gasteiger partial charge is 0.241 e. The Morgan fingerprint density at radius 3 is 0.930 bits per heavy atom. The van der Waals surface area contributed by atoms with Crippen molar-refractivity contribution in [1.82, 2.24) is 66.9 Å². The largest absolute Gasteiger partial charge is 0.394 e. The summed E-state index contributed by atoms with van der Waals surface area (Å²) in [6, 6.07) is 9.19. The molecule has 0 saturated carbocycles. The minimum Gasteiger partial charge on any atom is -0.394 e. The van der Waals surface area contributed by atoms with Crippen LogP contribution in [0.5, 0.6) is 0 Å². The number of fused-ring (bicyclic) bond motifs is 1. The van der Waals surface area contributed by atoms with Gasteiger partial charge >= 0.3 is 0 Å². The van der Waals surface area contributed by atoms with Gasteiger partial charge in [0.15, 0.2) is 31.5 Å². The lowest BCUT2D eigenvalue weighted by Gasteiger charge is -2.39. The highest BCUT2D eigenvalue weighted by Gasteiger charge is 2.49. The van der Waals surface area contributed by atoms with Crippen molar-refractivity contribution in [3.63, 3.8) is 0 Å². The van der Waals surface area contributed by atoms with Crippen LogP contribution in [0.3, 0.4) is 0 Å². The number of anilines is 1. The highest BCUT2D eigenvalue weighted by molar-refractivity contribution is 7.89. The molecule has 806 valence electrons. The number of sulfonamides is 1. The summed E-state index contributed by atoms with van der Waals surface area (Å²) in [6.07, 6.45) is -45.3. The third-order valence-corrected chi connectivity index (χ3v) is 24.4. The Kier molecular flexibility index (Phi) is 50.7. The quantitative estimate of drug-likeness (QED) is 0.0274. The zero-order valence-electron chi connectivity index (χ0n) is 77.8. The molecule has 5 heterocycles. The van der Waals surface area contributed by atoms with Gasteiger partial charge in [0, 0.05) is 141 Å². The lowest BCUT2D eigenvalue weighted by atomic mass is 9.99. The van der Waals surface area contributed by atoms with E-state index < -0.39 is 398 Å². The SMILES string of the molecule is CN(C)c1cccc2c(S(=O)(=O)NCC(=O)N(CCC(=O)N(CCC(=O)N(CCC(=O)N(CCC(=O)NCCO[C@@H]3O[C@H](CO)[C@H](O)[C@H](O)[C@H]3O)CC(=O)NCCCC(=O)NCCO[C@@H]3O[C@H](CO)[C@H](O)[C@H](O)[C@H]3O)CC(=O)NCCC(=O)NCCO[C@@H]3O[C@H](CO)[C@H](O)[C@H](O)[C@H]3O)CC(=O)NCC(=O)NCCO[C@@H]3O[C@H](CO)[C@H](O)[C@H](O)[C@H]3O)CC(=O)NCCO[C@@H]3O[C@H](CO)[C@H](O)[C@H](O)[C@H]3O)cccc12. The lowest BCUT2D eigenvalue weighted by Crippen LogP contribution is -2.59. The van der Waals surface area contributed by atoms with Crippen LogP contribution in [-0.4, -0.2) is 546 Å². The number of benzene rings is 2. The van der Waals surface area contributed by atoms with Crippen LogP contribution in [0.25, 0.3) is 10.8 Å². The van der Waals surface area contributed by atoms with Gasteiger partial charge in [0.2, 0.25) is 80.9 Å². The molecule has 7 rings (SSSR count). The average Bonchev–Trinajstić information content (AvgIpc) is 0.772. The summed E-state index contributed by atoms with van der Waals surface area (Å²) in [5.41, 5.74) is 0.613. The normalized spacial score (nSPS) is 27.7. The van der Waals surface area contributed by atoms with Crippen LogP contribution in [0.15, 0.2) is 41.3 Å². The first-order valence-corrected chi connectivity index (χ1v) is 47.0. The number of carbonyl (C=O) groups excluding carboxylic acids is 12. The van der Waals surface area contributed by atoms with Gasteiger partial charge in [-0.3, -0.25) is 57.5 Å². The Labute approximate surface area is 812 Å². The van der Waals surface area contributed by atoms with Gasteiger partial charge in [-0.2, -0.15) is 0 Å². The molecule has 58 nitrogen and oxygen atoms in total. The van der Waals surface area contributed by atoms with E-state index in [0.717, 1.165) is 14.7 Å². The molecule has 5 fully saturated rings. The molecule has 2 aromatic rings. The molecule has 0 bridgehead atoms. The Morgan fingerprint density at radius 1 is 0.303 bits per heavy atom. The van der Waals surface area contributed by atoms with E-state index in [4.69, 9.17) is 47.4 Å². The molecule has 2 aromatic carbocycles. The van der Waals surface area contributed by atoms with E-state index in [1.165, 1.54) is 18.2 Å². The van der Waals surface area contributed by atoms with E-state index in [2.05, 4.69) is 47.3 Å². The van der Waals surface area contributed by atoms with Crippen molar-refractivity contribution in [3.05, 3.63) is 36.4 Å². The van der Waals surface area contributed by atoms with E-state index in [-0.39, 0.29) is 69.1 Å². The zero-order chi connectivity index (χ0) is 105. The molecule has 0 spiro atoms. The highest BCUT2D eigenvalue weighted by atomic mass is 32.2. The van der Waals surface area contributed by atoms with Gasteiger partial charge in [0.05, 0.1) is 110 Å². The number of aliphatic hydroxyl groups is 20. The summed E-state index contributed by atoms with van der Waals surface area (Å²) in [4.78, 5) is 172. The predicted octanol–water partition coefficient (Wildman–Crippen LogP) is -18.8. The summed E-state index contributed by atoms with van der Waals surface area (Å²) >= 11 is 0. The Bertz CT molecular complexity index is 4460. The van der Waals surface area contributed by atoms with Crippen molar-refractivity contribution in [1.29, 1.82) is 0 Å². The summed E-state index contributed by atoms with van der Waals surface area (Å²) in [5.74, 6) is -11.5. The zero-order valence-corrected chi connectivity index (χ0v) is 78.6.